The molecule has 1 saturated heterocycles. The molecule has 0 spiro atoms. The second-order valence-corrected chi connectivity index (χ2v) is 8.99. The summed E-state index contributed by atoms with van der Waals surface area (Å²) in [5.41, 5.74) is 0.504. The molecule has 172 valence electrons. The first-order chi connectivity index (χ1) is 14.4. The second-order valence-electron chi connectivity index (χ2n) is 6.18. The number of ether oxygens (including phenoxy) is 1. The minimum absolute atomic E-state index is 0.139. The van der Waals surface area contributed by atoms with E-state index in [1.807, 2.05) is 0 Å². The summed E-state index contributed by atoms with van der Waals surface area (Å²) in [6.07, 6.45) is -5.08. The fourth-order valence-corrected chi connectivity index (χ4v) is 4.67. The van der Waals surface area contributed by atoms with Crippen LogP contribution in [-0.2, 0) is 26.1 Å². The SMILES string of the molecule is Cc1c(Cl)cccc1S(=O)(=O)Nc1nc(CN2CCOCC2)ns1.O=C(O)C(F)(F)F. The Morgan fingerprint density at radius 1 is 1.35 bits per heavy atom. The lowest BCUT2D eigenvalue weighted by molar-refractivity contribution is -0.192. The minimum Gasteiger partial charge on any atom is -0.475 e. The summed E-state index contributed by atoms with van der Waals surface area (Å²) < 4.78 is 68.8. The number of anilines is 1. The normalized spacial score (nSPS) is 15.1. The van der Waals surface area contributed by atoms with E-state index in [0.29, 0.717) is 36.2 Å². The number of halogens is 4. The average molecular weight is 503 g/mol. The fraction of sp³-hybridized carbons (Fsp3) is 0.438. The monoisotopic (exact) mass is 502 g/mol. The molecular weight excluding hydrogens is 485 g/mol. The number of carboxylic acids is 1. The predicted octanol–water partition coefficient (Wildman–Crippen LogP) is 2.77. The molecule has 1 aromatic heterocycles. The largest absolute Gasteiger partial charge is 0.490 e. The quantitative estimate of drug-likeness (QED) is 0.640. The molecule has 0 radical (unpaired) electrons. The molecule has 0 atom stereocenters. The Bertz CT molecular complexity index is 1010. The predicted molar refractivity (Wildman–Crippen MR) is 107 cm³/mol. The lowest BCUT2D eigenvalue weighted by Crippen LogP contribution is -2.35. The topological polar surface area (TPSA) is 122 Å². The molecule has 2 heterocycles. The van der Waals surface area contributed by atoms with Crippen LogP contribution in [0, 0.1) is 6.92 Å². The Morgan fingerprint density at radius 3 is 2.55 bits per heavy atom. The van der Waals surface area contributed by atoms with Gasteiger partial charge < -0.3 is 9.84 Å². The Morgan fingerprint density at radius 2 is 1.97 bits per heavy atom. The Balaban J connectivity index is 0.000000423. The van der Waals surface area contributed by atoms with Crippen molar-refractivity contribution in [3.8, 4) is 0 Å². The minimum atomic E-state index is -5.08. The third-order valence-corrected chi connectivity index (χ3v) is 6.60. The van der Waals surface area contributed by atoms with Crippen LogP contribution in [0.1, 0.15) is 11.4 Å². The Hall–Kier alpha value is -2.00. The zero-order valence-electron chi connectivity index (χ0n) is 16.0. The molecule has 3 rings (SSSR count). The number of hydrogen-bond acceptors (Lipinski definition) is 8. The highest BCUT2D eigenvalue weighted by Gasteiger charge is 2.38. The molecule has 1 fully saturated rings. The molecular formula is C16H18ClF3N4O5S2. The van der Waals surface area contributed by atoms with Gasteiger partial charge in [-0.05, 0) is 24.6 Å². The van der Waals surface area contributed by atoms with E-state index in [9.17, 15) is 21.6 Å². The van der Waals surface area contributed by atoms with Crippen molar-refractivity contribution in [2.24, 2.45) is 0 Å². The second kappa shape index (κ2) is 10.5. The van der Waals surface area contributed by atoms with Gasteiger partial charge in [-0.15, -0.1) is 0 Å². The van der Waals surface area contributed by atoms with Crippen LogP contribution < -0.4 is 4.72 Å². The van der Waals surface area contributed by atoms with Crippen LogP contribution in [0.2, 0.25) is 5.02 Å². The van der Waals surface area contributed by atoms with E-state index in [0.717, 1.165) is 24.6 Å². The molecule has 0 unspecified atom stereocenters. The van der Waals surface area contributed by atoms with Gasteiger partial charge in [0, 0.05) is 29.6 Å². The highest BCUT2D eigenvalue weighted by atomic mass is 35.5. The van der Waals surface area contributed by atoms with Crippen molar-refractivity contribution in [1.82, 2.24) is 14.3 Å². The molecule has 9 nitrogen and oxygen atoms in total. The highest BCUT2D eigenvalue weighted by Crippen LogP contribution is 2.25. The number of hydrogen-bond donors (Lipinski definition) is 2. The number of carboxylic acid groups (broad SMARTS) is 1. The molecule has 0 bridgehead atoms. The third kappa shape index (κ3) is 7.57. The first-order valence-corrected chi connectivity index (χ1v) is 11.2. The average Bonchev–Trinajstić information content (AvgIpc) is 3.10. The van der Waals surface area contributed by atoms with Gasteiger partial charge >= 0.3 is 12.1 Å². The number of nitrogens with one attached hydrogen (secondary N) is 1. The third-order valence-electron chi connectivity index (χ3n) is 3.91. The summed E-state index contributed by atoms with van der Waals surface area (Å²) in [6, 6.07) is 4.77. The lowest BCUT2D eigenvalue weighted by Gasteiger charge is -2.25. The van der Waals surface area contributed by atoms with Gasteiger partial charge in [0.25, 0.3) is 10.0 Å². The van der Waals surface area contributed by atoms with Crippen LogP contribution >= 0.6 is 23.1 Å². The Labute approximate surface area is 185 Å². The Kier molecular flexibility index (Phi) is 8.59. The standard InChI is InChI=1S/C14H17ClN4O3S2.C2HF3O2/c1-10-11(15)3-2-4-12(10)24(20,21)18-14-16-13(17-23-14)9-19-5-7-22-8-6-19;3-2(4,5)1(6)7/h2-4H,5-9H2,1H3,(H,16,17,18);(H,6,7). The van der Waals surface area contributed by atoms with E-state index in [-0.39, 0.29) is 10.0 Å². The van der Waals surface area contributed by atoms with Crippen molar-refractivity contribution < 1.29 is 36.2 Å². The molecule has 1 aromatic carbocycles. The van der Waals surface area contributed by atoms with E-state index < -0.39 is 22.2 Å². The number of aromatic nitrogens is 2. The van der Waals surface area contributed by atoms with Crippen molar-refractivity contribution in [2.45, 2.75) is 24.5 Å². The first kappa shape index (κ1) is 25.3. The van der Waals surface area contributed by atoms with Crippen LogP contribution in [0.5, 0.6) is 0 Å². The number of rotatable bonds is 5. The number of morpholine rings is 1. The van der Waals surface area contributed by atoms with Gasteiger partial charge in [0.1, 0.15) is 0 Å². The number of benzene rings is 1. The molecule has 1 aliphatic rings. The summed E-state index contributed by atoms with van der Waals surface area (Å²) in [7, 11) is -3.75. The van der Waals surface area contributed by atoms with Crippen LogP contribution in [0.25, 0.3) is 0 Å². The molecule has 2 N–H and O–H groups in total. The van der Waals surface area contributed by atoms with Gasteiger partial charge in [-0.3, -0.25) is 9.62 Å². The maximum Gasteiger partial charge on any atom is 0.490 e. The molecule has 15 heteroatoms. The summed E-state index contributed by atoms with van der Waals surface area (Å²) >= 11 is 7.03. The highest BCUT2D eigenvalue weighted by molar-refractivity contribution is 7.93. The fourth-order valence-electron chi connectivity index (χ4n) is 2.37. The first-order valence-electron chi connectivity index (χ1n) is 8.61. The summed E-state index contributed by atoms with van der Waals surface area (Å²) in [5.74, 6) is -2.16. The van der Waals surface area contributed by atoms with Crippen molar-refractivity contribution in [3.63, 3.8) is 0 Å². The van der Waals surface area contributed by atoms with Crippen LogP contribution in [0.4, 0.5) is 18.3 Å². The van der Waals surface area contributed by atoms with Gasteiger partial charge in [-0.2, -0.15) is 17.5 Å². The zero-order valence-corrected chi connectivity index (χ0v) is 18.4. The van der Waals surface area contributed by atoms with Gasteiger partial charge in [0.05, 0.1) is 24.7 Å². The van der Waals surface area contributed by atoms with Gasteiger partial charge in [-0.25, -0.2) is 18.2 Å². The molecule has 0 aliphatic carbocycles. The maximum atomic E-state index is 12.5. The molecule has 0 amide bonds. The number of nitrogens with zero attached hydrogens (tertiary/aromatic N) is 3. The van der Waals surface area contributed by atoms with Gasteiger partial charge in [-0.1, -0.05) is 17.7 Å². The van der Waals surface area contributed by atoms with Gasteiger partial charge in [0.2, 0.25) is 5.13 Å². The van der Waals surface area contributed by atoms with Crippen molar-refractivity contribution in [3.05, 3.63) is 34.6 Å². The molecule has 1 aliphatic heterocycles. The molecule has 2 aromatic rings. The van der Waals surface area contributed by atoms with E-state index in [1.54, 1.807) is 19.1 Å². The van der Waals surface area contributed by atoms with Crippen molar-refractivity contribution in [1.29, 1.82) is 0 Å². The van der Waals surface area contributed by atoms with Crippen LogP contribution in [0.15, 0.2) is 23.1 Å². The summed E-state index contributed by atoms with van der Waals surface area (Å²) in [5, 5.41) is 7.78. The van der Waals surface area contributed by atoms with Gasteiger partial charge in [0.15, 0.2) is 5.82 Å². The number of sulfonamides is 1. The van der Waals surface area contributed by atoms with Crippen molar-refractivity contribution >= 4 is 44.3 Å². The number of carbonyl (C=O) groups is 1. The van der Waals surface area contributed by atoms with Crippen LogP contribution in [-0.4, -0.2) is 66.2 Å². The molecule has 0 saturated carbocycles. The summed E-state index contributed by atoms with van der Waals surface area (Å²) in [6.45, 7) is 5.28. The number of alkyl halides is 3. The maximum absolute atomic E-state index is 12.5. The molecule has 31 heavy (non-hydrogen) atoms. The summed E-state index contributed by atoms with van der Waals surface area (Å²) in [4.78, 5) is 15.5. The number of aliphatic carboxylic acids is 1. The van der Waals surface area contributed by atoms with E-state index in [1.165, 1.54) is 6.07 Å². The van der Waals surface area contributed by atoms with E-state index in [4.69, 9.17) is 26.2 Å². The zero-order chi connectivity index (χ0) is 23.2. The van der Waals surface area contributed by atoms with Crippen molar-refractivity contribution in [2.75, 3.05) is 31.0 Å². The van der Waals surface area contributed by atoms with Crippen LogP contribution in [0.3, 0.4) is 0 Å². The smallest absolute Gasteiger partial charge is 0.475 e. The van der Waals surface area contributed by atoms with E-state index in [2.05, 4.69) is 19.0 Å². The lowest BCUT2D eigenvalue weighted by atomic mass is 10.2. The van der Waals surface area contributed by atoms with E-state index >= 15 is 0 Å².